The van der Waals surface area contributed by atoms with Gasteiger partial charge >= 0.3 is 0 Å². The molecule has 0 aliphatic carbocycles. The van der Waals surface area contributed by atoms with Crippen molar-refractivity contribution in [2.24, 2.45) is 0 Å². The molecule has 0 atom stereocenters. The molecule has 1 amide bonds. The van der Waals surface area contributed by atoms with E-state index in [2.05, 4.69) is 44.5 Å². The summed E-state index contributed by atoms with van der Waals surface area (Å²) >= 11 is 1.64. The van der Waals surface area contributed by atoms with Gasteiger partial charge in [0.25, 0.3) is 5.91 Å². The summed E-state index contributed by atoms with van der Waals surface area (Å²) in [5.74, 6) is 0.0188. The van der Waals surface area contributed by atoms with Crippen LogP contribution in [0.15, 0.2) is 72.5 Å². The van der Waals surface area contributed by atoms with Crippen LogP contribution in [0.5, 0.6) is 0 Å². The number of fused-ring (bicyclic) bond motifs is 2. The Labute approximate surface area is 194 Å². The van der Waals surface area contributed by atoms with E-state index in [-0.39, 0.29) is 5.91 Å². The zero-order valence-corrected chi connectivity index (χ0v) is 18.7. The first-order valence-electron chi connectivity index (χ1n) is 11.0. The highest BCUT2D eigenvalue weighted by Gasteiger charge is 2.20. The summed E-state index contributed by atoms with van der Waals surface area (Å²) in [5.41, 5.74) is 8.21. The minimum atomic E-state index is 0.0188. The Kier molecular flexibility index (Phi) is 4.96. The molecule has 0 unspecified atom stereocenters. The van der Waals surface area contributed by atoms with Crippen LogP contribution in [0, 0.1) is 0 Å². The van der Waals surface area contributed by atoms with Crippen LogP contribution in [-0.2, 0) is 0 Å². The third kappa shape index (κ3) is 3.81. The maximum Gasteiger partial charge on any atom is 0.272 e. The Bertz CT molecular complexity index is 1470. The topological polar surface area (TPSA) is 71.0 Å². The van der Waals surface area contributed by atoms with E-state index >= 15 is 0 Å². The Morgan fingerprint density at radius 1 is 0.879 bits per heavy atom. The summed E-state index contributed by atoms with van der Waals surface area (Å²) in [6.07, 6.45) is 5.74. The van der Waals surface area contributed by atoms with Gasteiger partial charge in [0.05, 0.1) is 21.2 Å². The first-order valence-corrected chi connectivity index (χ1v) is 11.9. The molecule has 1 aliphatic heterocycles. The summed E-state index contributed by atoms with van der Waals surface area (Å²) in [5, 5.41) is 4.54. The van der Waals surface area contributed by atoms with Crippen molar-refractivity contribution in [2.45, 2.75) is 12.8 Å². The first kappa shape index (κ1) is 19.8. The molecule has 1 aliphatic rings. The molecule has 6 nitrogen and oxygen atoms in total. The van der Waals surface area contributed by atoms with Gasteiger partial charge in [-0.2, -0.15) is 0 Å². The normalized spacial score (nSPS) is 13.6. The lowest BCUT2D eigenvalue weighted by atomic mass is 10.0. The number of pyridine rings is 2. The quantitative estimate of drug-likeness (QED) is 0.369. The van der Waals surface area contributed by atoms with Crippen LogP contribution < -0.4 is 5.32 Å². The number of hydrogen-bond acceptors (Lipinski definition) is 6. The summed E-state index contributed by atoms with van der Waals surface area (Å²) in [4.78, 5) is 27.9. The van der Waals surface area contributed by atoms with Crippen molar-refractivity contribution in [2.75, 3.05) is 18.4 Å². The Hall–Kier alpha value is -3.84. The minimum absolute atomic E-state index is 0.0188. The molecule has 0 saturated carbocycles. The molecule has 2 aromatic carbocycles. The van der Waals surface area contributed by atoms with Crippen molar-refractivity contribution in [3.8, 4) is 11.1 Å². The maximum atomic E-state index is 12.6. The number of carbonyl (C=O) groups is 1. The van der Waals surface area contributed by atoms with E-state index in [4.69, 9.17) is 0 Å². The smallest absolute Gasteiger partial charge is 0.272 e. The van der Waals surface area contributed by atoms with E-state index in [0.717, 1.165) is 64.9 Å². The number of rotatable bonds is 4. The number of hydrogen-bond donors (Lipinski definition) is 1. The largest absolute Gasteiger partial charge is 0.355 e. The highest BCUT2D eigenvalue weighted by molar-refractivity contribution is 7.16. The predicted molar refractivity (Wildman–Crippen MR) is 133 cm³/mol. The van der Waals surface area contributed by atoms with Crippen LogP contribution in [-0.4, -0.2) is 38.8 Å². The average molecular weight is 452 g/mol. The van der Waals surface area contributed by atoms with Gasteiger partial charge in [0, 0.05) is 47.8 Å². The fourth-order valence-electron chi connectivity index (χ4n) is 4.30. The highest BCUT2D eigenvalue weighted by atomic mass is 32.1. The molecule has 7 heteroatoms. The summed E-state index contributed by atoms with van der Waals surface area (Å²) in [6.45, 7) is 1.65. The van der Waals surface area contributed by atoms with Gasteiger partial charge < -0.3 is 10.2 Å². The molecule has 0 bridgehead atoms. The lowest BCUT2D eigenvalue weighted by Crippen LogP contribution is -2.28. The van der Waals surface area contributed by atoms with Crippen molar-refractivity contribution in [1.29, 1.82) is 0 Å². The van der Waals surface area contributed by atoms with Gasteiger partial charge in [-0.25, -0.2) is 4.98 Å². The second-order valence-electron chi connectivity index (χ2n) is 8.18. The zero-order valence-electron chi connectivity index (χ0n) is 17.9. The van der Waals surface area contributed by atoms with Gasteiger partial charge in [-0.15, -0.1) is 11.3 Å². The number of anilines is 2. The van der Waals surface area contributed by atoms with Crippen LogP contribution in [0.3, 0.4) is 0 Å². The molecular weight excluding hydrogens is 430 g/mol. The van der Waals surface area contributed by atoms with Crippen molar-refractivity contribution >= 4 is 49.7 Å². The SMILES string of the molecule is O=C(c1ccc(-c2ccc3nccc(Nc4ccc5scnc5c4)c3c2)cn1)N1CCCC1. The number of benzene rings is 2. The van der Waals surface area contributed by atoms with Crippen LogP contribution in [0.4, 0.5) is 11.4 Å². The molecular formula is C26H21N5OS. The van der Waals surface area contributed by atoms with E-state index in [1.165, 1.54) is 4.70 Å². The van der Waals surface area contributed by atoms with Gasteiger partial charge in [-0.1, -0.05) is 12.1 Å². The maximum absolute atomic E-state index is 12.6. The van der Waals surface area contributed by atoms with E-state index in [9.17, 15) is 4.79 Å². The monoisotopic (exact) mass is 451 g/mol. The van der Waals surface area contributed by atoms with Gasteiger partial charge in [0.1, 0.15) is 5.69 Å². The minimum Gasteiger partial charge on any atom is -0.355 e. The molecule has 0 radical (unpaired) electrons. The van der Waals surface area contributed by atoms with Crippen LogP contribution in [0.1, 0.15) is 23.3 Å². The number of likely N-dealkylation sites (tertiary alicyclic amines) is 1. The Morgan fingerprint density at radius 3 is 2.61 bits per heavy atom. The van der Waals surface area contributed by atoms with E-state index in [1.54, 1.807) is 17.5 Å². The fraction of sp³-hybridized carbons (Fsp3) is 0.154. The molecule has 4 heterocycles. The second kappa shape index (κ2) is 8.26. The lowest BCUT2D eigenvalue weighted by Gasteiger charge is -2.14. The molecule has 5 aromatic rings. The van der Waals surface area contributed by atoms with Crippen molar-refractivity contribution in [3.05, 3.63) is 78.2 Å². The Balaban J connectivity index is 1.31. The van der Waals surface area contributed by atoms with Crippen LogP contribution in [0.25, 0.3) is 32.2 Å². The third-order valence-corrected chi connectivity index (χ3v) is 6.87. The van der Waals surface area contributed by atoms with E-state index < -0.39 is 0 Å². The molecule has 0 spiro atoms. The number of aromatic nitrogens is 3. The number of nitrogens with zero attached hydrogens (tertiary/aromatic N) is 4. The van der Waals surface area contributed by atoms with Gasteiger partial charge in [0.2, 0.25) is 0 Å². The van der Waals surface area contributed by atoms with E-state index in [1.807, 2.05) is 46.9 Å². The standard InChI is InChI=1S/C26H21N5OS/c32-26(31-11-1-2-12-31)23-7-4-18(15-28-23)17-3-6-21-20(13-17)22(9-10-27-21)30-19-5-8-25-24(14-19)29-16-33-25/h3-10,13-16H,1-2,11-12H2,(H,27,30). The fourth-order valence-corrected chi connectivity index (χ4v) is 4.96. The zero-order chi connectivity index (χ0) is 22.2. The second-order valence-corrected chi connectivity index (χ2v) is 9.07. The molecule has 33 heavy (non-hydrogen) atoms. The summed E-state index contributed by atoms with van der Waals surface area (Å²) in [7, 11) is 0. The first-order chi connectivity index (χ1) is 16.2. The molecule has 3 aromatic heterocycles. The molecule has 1 N–H and O–H groups in total. The molecule has 162 valence electrons. The van der Waals surface area contributed by atoms with E-state index in [0.29, 0.717) is 5.69 Å². The van der Waals surface area contributed by atoms with Crippen LogP contribution >= 0.6 is 11.3 Å². The summed E-state index contributed by atoms with van der Waals surface area (Å²) < 4.78 is 1.17. The van der Waals surface area contributed by atoms with Gasteiger partial charge in [0.15, 0.2) is 0 Å². The highest BCUT2D eigenvalue weighted by Crippen LogP contribution is 2.31. The molecule has 1 fully saturated rings. The van der Waals surface area contributed by atoms with Crippen molar-refractivity contribution in [1.82, 2.24) is 19.9 Å². The predicted octanol–water partition coefficient (Wildman–Crippen LogP) is 5.89. The average Bonchev–Trinajstić information content (AvgIpc) is 3.56. The summed E-state index contributed by atoms with van der Waals surface area (Å²) in [6, 6.07) is 18.2. The van der Waals surface area contributed by atoms with Gasteiger partial charge in [-0.05, 0) is 60.9 Å². The van der Waals surface area contributed by atoms with Crippen molar-refractivity contribution < 1.29 is 4.79 Å². The number of carbonyl (C=O) groups excluding carboxylic acids is 1. The number of thiazole rings is 1. The van der Waals surface area contributed by atoms with Crippen molar-refractivity contribution in [3.63, 3.8) is 0 Å². The lowest BCUT2D eigenvalue weighted by molar-refractivity contribution is 0.0787. The van der Waals surface area contributed by atoms with Crippen LogP contribution in [0.2, 0.25) is 0 Å². The van der Waals surface area contributed by atoms with Gasteiger partial charge in [-0.3, -0.25) is 14.8 Å². The molecule has 1 saturated heterocycles. The Morgan fingerprint density at radius 2 is 1.76 bits per heavy atom. The number of nitrogens with one attached hydrogen (secondary N) is 1. The molecule has 6 rings (SSSR count). The third-order valence-electron chi connectivity index (χ3n) is 6.06. The number of amides is 1.